The van der Waals surface area contributed by atoms with Gasteiger partial charge in [-0.25, -0.2) is 8.42 Å². The van der Waals surface area contributed by atoms with Crippen molar-refractivity contribution in [3.05, 3.63) is 18.2 Å². The van der Waals surface area contributed by atoms with Crippen molar-refractivity contribution in [2.75, 3.05) is 30.3 Å². The van der Waals surface area contributed by atoms with Crippen LogP contribution in [0.3, 0.4) is 0 Å². The first-order valence-corrected chi connectivity index (χ1v) is 11.4. The minimum absolute atomic E-state index is 0.125. The number of nitrogens with zero attached hydrogens (tertiary/aromatic N) is 1. The van der Waals surface area contributed by atoms with Gasteiger partial charge < -0.3 is 14.8 Å². The Morgan fingerprint density at radius 2 is 1.70 bits per heavy atom. The number of fused-ring (bicyclic) bond motifs is 1. The lowest BCUT2D eigenvalue weighted by Gasteiger charge is -2.26. The molecule has 8 heteroatoms. The number of anilines is 1. The van der Waals surface area contributed by atoms with E-state index in [9.17, 15) is 13.2 Å². The Balaban J connectivity index is 1.70. The fourth-order valence-electron chi connectivity index (χ4n) is 3.59. The summed E-state index contributed by atoms with van der Waals surface area (Å²) in [6.45, 7) is 0.637. The quantitative estimate of drug-likeness (QED) is 0.826. The summed E-state index contributed by atoms with van der Waals surface area (Å²) in [6, 6.07) is 5.05. The number of carbonyl (C=O) groups is 1. The summed E-state index contributed by atoms with van der Waals surface area (Å²) < 4.78 is 36.7. The smallest absolute Gasteiger partial charge is 0.240 e. The van der Waals surface area contributed by atoms with Crippen LogP contribution in [-0.2, 0) is 14.8 Å². The lowest BCUT2D eigenvalue weighted by molar-refractivity contribution is -0.120. The second kappa shape index (κ2) is 8.82. The van der Waals surface area contributed by atoms with E-state index < -0.39 is 10.0 Å². The van der Waals surface area contributed by atoms with Crippen molar-refractivity contribution < 1.29 is 22.7 Å². The van der Waals surface area contributed by atoms with Crippen molar-refractivity contribution in [3.63, 3.8) is 0 Å². The third-order valence-electron chi connectivity index (χ3n) is 4.97. The molecule has 2 aliphatic rings. The molecule has 1 fully saturated rings. The first-order chi connectivity index (χ1) is 12.9. The van der Waals surface area contributed by atoms with Crippen LogP contribution in [0, 0.1) is 0 Å². The molecule has 0 spiro atoms. The highest BCUT2D eigenvalue weighted by Gasteiger charge is 2.24. The second-order valence-corrected chi connectivity index (χ2v) is 9.11. The predicted molar refractivity (Wildman–Crippen MR) is 104 cm³/mol. The van der Waals surface area contributed by atoms with Gasteiger partial charge in [-0.15, -0.1) is 0 Å². The van der Waals surface area contributed by atoms with Crippen molar-refractivity contribution in [2.24, 2.45) is 0 Å². The van der Waals surface area contributed by atoms with Gasteiger partial charge in [-0.05, 0) is 25.0 Å². The van der Waals surface area contributed by atoms with Crippen LogP contribution in [0.15, 0.2) is 18.2 Å². The van der Waals surface area contributed by atoms with E-state index in [-0.39, 0.29) is 18.5 Å². The van der Waals surface area contributed by atoms with E-state index in [1.54, 1.807) is 18.2 Å². The van der Waals surface area contributed by atoms with Gasteiger partial charge in [-0.2, -0.15) is 0 Å². The highest BCUT2D eigenvalue weighted by atomic mass is 32.2. The Morgan fingerprint density at radius 1 is 1.07 bits per heavy atom. The van der Waals surface area contributed by atoms with Crippen LogP contribution in [0.2, 0.25) is 0 Å². The standard InChI is InChI=1S/C19H28N2O5S/c1-27(23,24)21(16-9-10-17-18(13-16)26-12-11-25-17)14-19(22)20-15-7-5-3-2-4-6-8-15/h9-10,13,15H,2-8,11-12,14H2,1H3,(H,20,22). The highest BCUT2D eigenvalue weighted by molar-refractivity contribution is 7.92. The predicted octanol–water partition coefficient (Wildman–Crippen LogP) is 2.45. The molecule has 1 saturated carbocycles. The second-order valence-electron chi connectivity index (χ2n) is 7.21. The van der Waals surface area contributed by atoms with Gasteiger partial charge in [0.2, 0.25) is 15.9 Å². The third-order valence-corrected chi connectivity index (χ3v) is 6.11. The molecule has 1 aliphatic carbocycles. The van der Waals surface area contributed by atoms with Gasteiger partial charge >= 0.3 is 0 Å². The molecule has 0 saturated heterocycles. The zero-order valence-corrected chi connectivity index (χ0v) is 16.6. The maximum absolute atomic E-state index is 12.6. The monoisotopic (exact) mass is 396 g/mol. The molecular weight excluding hydrogens is 368 g/mol. The molecule has 150 valence electrons. The summed E-state index contributed by atoms with van der Waals surface area (Å²) in [5, 5.41) is 3.02. The van der Waals surface area contributed by atoms with E-state index in [1.165, 1.54) is 19.3 Å². The molecule has 1 amide bonds. The minimum Gasteiger partial charge on any atom is -0.486 e. The Morgan fingerprint density at radius 3 is 2.37 bits per heavy atom. The Labute approximate surface area is 161 Å². The summed E-state index contributed by atoms with van der Waals surface area (Å²) in [5.41, 5.74) is 0.398. The summed E-state index contributed by atoms with van der Waals surface area (Å²) in [6.07, 6.45) is 8.85. The molecule has 0 bridgehead atoms. The maximum atomic E-state index is 12.6. The Bertz CT molecular complexity index is 757. The van der Waals surface area contributed by atoms with E-state index in [4.69, 9.17) is 9.47 Å². The number of rotatable bonds is 5. The molecule has 0 radical (unpaired) electrons. The number of benzene rings is 1. The summed E-state index contributed by atoms with van der Waals surface area (Å²) >= 11 is 0. The van der Waals surface area contributed by atoms with Crippen molar-refractivity contribution in [3.8, 4) is 11.5 Å². The van der Waals surface area contributed by atoms with Gasteiger partial charge in [0.25, 0.3) is 0 Å². The number of ether oxygens (including phenoxy) is 2. The lowest BCUT2D eigenvalue weighted by atomic mass is 9.97. The Kier molecular flexibility index (Phi) is 6.46. The van der Waals surface area contributed by atoms with Crippen LogP contribution in [-0.4, -0.2) is 46.4 Å². The average Bonchev–Trinajstić information content (AvgIpc) is 2.60. The lowest BCUT2D eigenvalue weighted by Crippen LogP contribution is -2.44. The van der Waals surface area contributed by atoms with E-state index >= 15 is 0 Å². The van der Waals surface area contributed by atoms with Crippen LogP contribution in [0.1, 0.15) is 44.9 Å². The highest BCUT2D eigenvalue weighted by Crippen LogP contribution is 2.34. The average molecular weight is 397 g/mol. The molecule has 1 aliphatic heterocycles. The zero-order chi connectivity index (χ0) is 19.3. The molecule has 0 atom stereocenters. The SMILES string of the molecule is CS(=O)(=O)N(CC(=O)NC1CCCCCCC1)c1ccc2c(c1)OCCO2. The fraction of sp³-hybridized carbons (Fsp3) is 0.632. The molecule has 27 heavy (non-hydrogen) atoms. The van der Waals surface area contributed by atoms with E-state index in [2.05, 4.69) is 5.32 Å². The number of hydrogen-bond acceptors (Lipinski definition) is 5. The first-order valence-electron chi connectivity index (χ1n) is 9.60. The number of carbonyl (C=O) groups excluding carboxylic acids is 1. The van der Waals surface area contributed by atoms with Gasteiger partial charge in [0.15, 0.2) is 11.5 Å². The van der Waals surface area contributed by atoms with Gasteiger partial charge in [-0.3, -0.25) is 9.10 Å². The molecule has 3 rings (SSSR count). The number of sulfonamides is 1. The van der Waals surface area contributed by atoms with E-state index in [0.29, 0.717) is 30.4 Å². The molecule has 1 N–H and O–H groups in total. The summed E-state index contributed by atoms with van der Waals surface area (Å²) in [4.78, 5) is 12.6. The topological polar surface area (TPSA) is 84.9 Å². The molecule has 1 aromatic rings. The molecule has 1 aromatic carbocycles. The minimum atomic E-state index is -3.62. The number of hydrogen-bond donors (Lipinski definition) is 1. The molecule has 0 unspecified atom stereocenters. The van der Waals surface area contributed by atoms with Gasteiger partial charge in [0, 0.05) is 12.1 Å². The Hall–Kier alpha value is -1.96. The molecular formula is C19H28N2O5S. The normalized spacial score (nSPS) is 18.3. The van der Waals surface area contributed by atoms with E-state index in [1.807, 2.05) is 0 Å². The molecule has 7 nitrogen and oxygen atoms in total. The van der Waals surface area contributed by atoms with Crippen LogP contribution in [0.25, 0.3) is 0 Å². The first kappa shape index (κ1) is 19.8. The van der Waals surface area contributed by atoms with Crippen LogP contribution < -0.4 is 19.1 Å². The van der Waals surface area contributed by atoms with E-state index in [0.717, 1.165) is 36.2 Å². The maximum Gasteiger partial charge on any atom is 0.240 e. The third kappa shape index (κ3) is 5.51. The van der Waals surface area contributed by atoms with Crippen LogP contribution in [0.5, 0.6) is 11.5 Å². The van der Waals surface area contributed by atoms with Crippen molar-refractivity contribution in [1.29, 1.82) is 0 Å². The van der Waals surface area contributed by atoms with Gasteiger partial charge in [0.05, 0.1) is 11.9 Å². The summed E-state index contributed by atoms with van der Waals surface area (Å²) in [5.74, 6) is 0.797. The summed E-state index contributed by atoms with van der Waals surface area (Å²) in [7, 11) is -3.62. The van der Waals surface area contributed by atoms with Crippen molar-refractivity contribution in [1.82, 2.24) is 5.32 Å². The molecule has 0 aromatic heterocycles. The largest absolute Gasteiger partial charge is 0.486 e. The molecule has 1 heterocycles. The van der Waals surface area contributed by atoms with Gasteiger partial charge in [0.1, 0.15) is 19.8 Å². The van der Waals surface area contributed by atoms with Gasteiger partial charge in [-0.1, -0.05) is 32.1 Å². The van der Waals surface area contributed by atoms with Crippen LogP contribution in [0.4, 0.5) is 5.69 Å². The zero-order valence-electron chi connectivity index (χ0n) is 15.8. The van der Waals surface area contributed by atoms with Crippen molar-refractivity contribution in [2.45, 2.75) is 51.0 Å². The number of nitrogens with one attached hydrogen (secondary N) is 1. The van der Waals surface area contributed by atoms with Crippen LogP contribution >= 0.6 is 0 Å². The fourth-order valence-corrected chi connectivity index (χ4v) is 4.44. The van der Waals surface area contributed by atoms with Crippen molar-refractivity contribution >= 4 is 21.6 Å². The number of amides is 1.